The highest BCUT2D eigenvalue weighted by atomic mass is 32.2. The van der Waals surface area contributed by atoms with E-state index >= 15 is 0 Å². The summed E-state index contributed by atoms with van der Waals surface area (Å²) in [5.41, 5.74) is 0.774. The van der Waals surface area contributed by atoms with Crippen molar-refractivity contribution >= 4 is 44.4 Å². The lowest BCUT2D eigenvalue weighted by Gasteiger charge is -2.23. The van der Waals surface area contributed by atoms with Gasteiger partial charge in [-0.15, -0.1) is 11.8 Å². The number of anilines is 1. The van der Waals surface area contributed by atoms with Crippen molar-refractivity contribution in [3.63, 3.8) is 0 Å². The monoisotopic (exact) mass is 446 g/mol. The zero-order valence-electron chi connectivity index (χ0n) is 16.7. The van der Waals surface area contributed by atoms with Crippen LogP contribution in [0.2, 0.25) is 0 Å². The molecule has 0 saturated carbocycles. The van der Waals surface area contributed by atoms with Gasteiger partial charge >= 0.3 is 0 Å². The molecule has 0 bridgehead atoms. The minimum Gasteiger partial charge on any atom is -0.492 e. The maximum atomic E-state index is 13.2. The van der Waals surface area contributed by atoms with E-state index in [4.69, 9.17) is 14.5 Å². The molecule has 1 aliphatic rings. The molecule has 1 aromatic heterocycles. The maximum absolute atomic E-state index is 13.2. The first-order valence-corrected chi connectivity index (χ1v) is 11.8. The number of hydrogen-bond donors (Lipinski definition) is 0. The summed E-state index contributed by atoms with van der Waals surface area (Å²) in [4.78, 5) is 20.5. The fourth-order valence-electron chi connectivity index (χ4n) is 3.33. The van der Waals surface area contributed by atoms with E-state index in [-0.39, 0.29) is 23.6 Å². The standard InChI is InChI=1S/C22H23FN2O3S2/c1-2-27-18-6-3-7-19-21(18)24-22(30-19)25(13-16-5-4-12-28-16)20(26)14-29-17-10-8-15(23)9-11-17/h3,6-11,16H,2,4-5,12-14H2,1H3. The average Bonchev–Trinajstić information content (AvgIpc) is 3.41. The number of carbonyl (C=O) groups is 1. The Hall–Kier alpha value is -2.16. The molecule has 8 heteroatoms. The molecule has 1 amide bonds. The number of carbonyl (C=O) groups excluding carboxylic acids is 1. The molecule has 0 aliphatic carbocycles. The van der Waals surface area contributed by atoms with Crippen molar-refractivity contribution in [3.8, 4) is 5.75 Å². The minimum absolute atomic E-state index is 0.0168. The van der Waals surface area contributed by atoms with Crippen LogP contribution in [-0.4, -0.2) is 42.5 Å². The van der Waals surface area contributed by atoms with E-state index in [0.717, 1.165) is 40.3 Å². The van der Waals surface area contributed by atoms with Gasteiger partial charge in [0.1, 0.15) is 17.1 Å². The topological polar surface area (TPSA) is 51.7 Å². The van der Waals surface area contributed by atoms with Crippen LogP contribution in [0.5, 0.6) is 5.75 Å². The molecule has 1 aliphatic heterocycles. The lowest BCUT2D eigenvalue weighted by atomic mass is 10.2. The first kappa shape index (κ1) is 21.1. The van der Waals surface area contributed by atoms with Crippen molar-refractivity contribution in [1.29, 1.82) is 0 Å². The lowest BCUT2D eigenvalue weighted by molar-refractivity contribution is -0.116. The summed E-state index contributed by atoms with van der Waals surface area (Å²) in [5.74, 6) is 0.636. The van der Waals surface area contributed by atoms with Gasteiger partial charge in [-0.2, -0.15) is 0 Å². The molecule has 2 aromatic carbocycles. The summed E-state index contributed by atoms with van der Waals surface area (Å²) in [6.07, 6.45) is 1.96. The highest BCUT2D eigenvalue weighted by Crippen LogP contribution is 2.35. The van der Waals surface area contributed by atoms with Crippen LogP contribution in [0.4, 0.5) is 9.52 Å². The Balaban J connectivity index is 1.57. The van der Waals surface area contributed by atoms with Crippen molar-refractivity contribution in [2.75, 3.05) is 30.4 Å². The number of halogens is 1. The van der Waals surface area contributed by atoms with E-state index in [9.17, 15) is 9.18 Å². The number of nitrogens with zero attached hydrogens (tertiary/aromatic N) is 2. The molecule has 1 fully saturated rings. The third-order valence-corrected chi connectivity index (χ3v) is 6.83. The number of aromatic nitrogens is 1. The zero-order chi connectivity index (χ0) is 20.9. The largest absolute Gasteiger partial charge is 0.492 e. The smallest absolute Gasteiger partial charge is 0.239 e. The van der Waals surface area contributed by atoms with Crippen molar-refractivity contribution in [2.45, 2.75) is 30.8 Å². The van der Waals surface area contributed by atoms with Gasteiger partial charge in [0, 0.05) is 11.5 Å². The maximum Gasteiger partial charge on any atom is 0.239 e. The molecule has 0 radical (unpaired) electrons. The second-order valence-corrected chi connectivity index (χ2v) is 8.97. The van der Waals surface area contributed by atoms with E-state index in [0.29, 0.717) is 18.3 Å². The van der Waals surface area contributed by atoms with Crippen LogP contribution in [0.1, 0.15) is 19.8 Å². The number of fused-ring (bicyclic) bond motifs is 1. The number of hydrogen-bond acceptors (Lipinski definition) is 6. The van der Waals surface area contributed by atoms with E-state index in [1.165, 1.54) is 35.2 Å². The fraction of sp³-hybridized carbons (Fsp3) is 0.364. The second-order valence-electron chi connectivity index (χ2n) is 6.91. The van der Waals surface area contributed by atoms with Crippen molar-refractivity contribution in [1.82, 2.24) is 4.98 Å². The summed E-state index contributed by atoms with van der Waals surface area (Å²) >= 11 is 2.87. The van der Waals surface area contributed by atoms with Gasteiger partial charge in [-0.25, -0.2) is 9.37 Å². The summed E-state index contributed by atoms with van der Waals surface area (Å²) < 4.78 is 25.6. The molecule has 0 spiro atoms. The Morgan fingerprint density at radius 3 is 2.90 bits per heavy atom. The minimum atomic E-state index is -0.287. The quantitative estimate of drug-likeness (QED) is 0.449. The third-order valence-electron chi connectivity index (χ3n) is 4.79. The van der Waals surface area contributed by atoms with Crippen molar-refractivity contribution in [3.05, 3.63) is 48.3 Å². The van der Waals surface area contributed by atoms with Crippen molar-refractivity contribution < 1.29 is 18.7 Å². The van der Waals surface area contributed by atoms with Gasteiger partial charge in [0.2, 0.25) is 5.91 Å². The third kappa shape index (κ3) is 4.94. The summed E-state index contributed by atoms with van der Waals surface area (Å²) in [5, 5.41) is 0.650. The van der Waals surface area contributed by atoms with Gasteiger partial charge in [0.05, 0.1) is 29.7 Å². The number of rotatable bonds is 8. The molecule has 1 saturated heterocycles. The number of benzene rings is 2. The molecule has 0 N–H and O–H groups in total. The SMILES string of the molecule is CCOc1cccc2sc(N(CC3CCCO3)C(=O)CSc3ccc(F)cc3)nc12. The van der Waals surface area contributed by atoms with Crippen LogP contribution in [0.25, 0.3) is 10.2 Å². The molecule has 5 nitrogen and oxygen atoms in total. The highest BCUT2D eigenvalue weighted by molar-refractivity contribution is 8.00. The molecule has 2 heterocycles. The number of amides is 1. The number of ether oxygens (including phenoxy) is 2. The number of thiazole rings is 1. The van der Waals surface area contributed by atoms with Crippen LogP contribution in [0.3, 0.4) is 0 Å². The predicted octanol–water partition coefficient (Wildman–Crippen LogP) is 5.14. The van der Waals surface area contributed by atoms with Gasteiger partial charge in [-0.05, 0) is 56.2 Å². The van der Waals surface area contributed by atoms with Crippen LogP contribution in [-0.2, 0) is 9.53 Å². The lowest BCUT2D eigenvalue weighted by Crippen LogP contribution is -2.38. The van der Waals surface area contributed by atoms with E-state index in [1.807, 2.05) is 25.1 Å². The van der Waals surface area contributed by atoms with Crippen LogP contribution >= 0.6 is 23.1 Å². The average molecular weight is 447 g/mol. The molecule has 30 heavy (non-hydrogen) atoms. The van der Waals surface area contributed by atoms with Gasteiger partial charge in [0.25, 0.3) is 0 Å². The molecule has 158 valence electrons. The van der Waals surface area contributed by atoms with Crippen LogP contribution in [0.15, 0.2) is 47.4 Å². The molecular formula is C22H23FN2O3S2. The van der Waals surface area contributed by atoms with Gasteiger partial charge < -0.3 is 9.47 Å². The van der Waals surface area contributed by atoms with E-state index in [2.05, 4.69) is 0 Å². The molecule has 1 atom stereocenters. The Kier molecular flexibility index (Phi) is 6.86. The molecule has 3 aromatic rings. The summed E-state index contributed by atoms with van der Waals surface area (Å²) in [6, 6.07) is 12.0. The van der Waals surface area contributed by atoms with Gasteiger partial charge in [-0.3, -0.25) is 9.69 Å². The predicted molar refractivity (Wildman–Crippen MR) is 119 cm³/mol. The second kappa shape index (κ2) is 9.76. The highest BCUT2D eigenvalue weighted by Gasteiger charge is 2.26. The Morgan fingerprint density at radius 2 is 2.17 bits per heavy atom. The van der Waals surface area contributed by atoms with Crippen molar-refractivity contribution in [2.24, 2.45) is 0 Å². The molecule has 4 rings (SSSR count). The number of thioether (sulfide) groups is 1. The fourth-order valence-corrected chi connectivity index (χ4v) is 5.12. The van der Waals surface area contributed by atoms with E-state index in [1.54, 1.807) is 17.0 Å². The van der Waals surface area contributed by atoms with E-state index < -0.39 is 0 Å². The van der Waals surface area contributed by atoms with Crippen LogP contribution < -0.4 is 9.64 Å². The van der Waals surface area contributed by atoms with Gasteiger partial charge in [-0.1, -0.05) is 17.4 Å². The Bertz CT molecular complexity index is 1000. The molecular weight excluding hydrogens is 423 g/mol. The van der Waals surface area contributed by atoms with Gasteiger partial charge in [0.15, 0.2) is 5.13 Å². The Morgan fingerprint density at radius 1 is 1.33 bits per heavy atom. The first-order chi connectivity index (χ1) is 14.6. The molecule has 1 unspecified atom stereocenters. The normalized spacial score (nSPS) is 16.1. The van der Waals surface area contributed by atoms with Crippen LogP contribution in [0, 0.1) is 5.82 Å². The number of para-hydroxylation sites is 1. The zero-order valence-corrected chi connectivity index (χ0v) is 18.3. The summed E-state index contributed by atoms with van der Waals surface area (Å²) in [7, 11) is 0. The summed E-state index contributed by atoms with van der Waals surface area (Å²) in [6.45, 7) is 3.70. The first-order valence-electron chi connectivity index (χ1n) is 9.96. The Labute approximate surface area is 183 Å².